The summed E-state index contributed by atoms with van der Waals surface area (Å²) in [6, 6.07) is 14.9. The highest BCUT2D eigenvalue weighted by molar-refractivity contribution is 8.16. The molecule has 0 spiro atoms. The molecule has 2 heterocycles. The summed E-state index contributed by atoms with van der Waals surface area (Å²) in [5.74, 6) is 0.517. The van der Waals surface area contributed by atoms with E-state index >= 15 is 0 Å². The van der Waals surface area contributed by atoms with Crippen molar-refractivity contribution in [1.82, 2.24) is 0 Å². The van der Waals surface area contributed by atoms with Gasteiger partial charge in [-0.2, -0.15) is 4.99 Å². The maximum Gasteiger partial charge on any atom is 0.252 e. The number of para-hydroxylation sites is 2. The van der Waals surface area contributed by atoms with E-state index in [-0.39, 0.29) is 35.1 Å². The number of aryl methyl sites for hydroxylation is 1. The predicted molar refractivity (Wildman–Crippen MR) is 117 cm³/mol. The molecule has 0 bridgehead atoms. The van der Waals surface area contributed by atoms with Crippen LogP contribution in [0.2, 0.25) is 0 Å². The Morgan fingerprint density at radius 2 is 1.90 bits per heavy atom. The zero-order valence-corrected chi connectivity index (χ0v) is 17.9. The zero-order chi connectivity index (χ0) is 20.6. The maximum atomic E-state index is 12.7. The Morgan fingerprint density at radius 1 is 1.17 bits per heavy atom. The van der Waals surface area contributed by atoms with Gasteiger partial charge in [-0.1, -0.05) is 53.7 Å². The first-order valence-corrected chi connectivity index (χ1v) is 12.0. The fourth-order valence-electron chi connectivity index (χ4n) is 3.70. The first-order valence-electron chi connectivity index (χ1n) is 9.33. The molecule has 0 radical (unpaired) electrons. The fraction of sp³-hybridized carbons (Fsp3) is 0.333. The van der Waals surface area contributed by atoms with Gasteiger partial charge in [-0.15, -0.1) is 0 Å². The molecule has 2 aromatic rings. The summed E-state index contributed by atoms with van der Waals surface area (Å²) in [5.41, 5.74) is 2.77. The van der Waals surface area contributed by atoms with Crippen molar-refractivity contribution in [1.29, 1.82) is 0 Å². The summed E-state index contributed by atoms with van der Waals surface area (Å²) in [7, 11) is -1.54. The van der Waals surface area contributed by atoms with Gasteiger partial charge in [0.25, 0.3) is 5.91 Å². The van der Waals surface area contributed by atoms with Crippen molar-refractivity contribution >= 4 is 38.4 Å². The Hall–Kier alpha value is -2.32. The summed E-state index contributed by atoms with van der Waals surface area (Å²) < 4.78 is 29.9. The van der Waals surface area contributed by atoms with Crippen molar-refractivity contribution in [2.45, 2.75) is 24.6 Å². The molecular formula is C21H22N2O4S2. The fourth-order valence-corrected chi connectivity index (χ4v) is 7.63. The number of amides is 1. The van der Waals surface area contributed by atoms with Gasteiger partial charge in [0.05, 0.1) is 36.8 Å². The van der Waals surface area contributed by atoms with Crippen molar-refractivity contribution in [2.24, 2.45) is 4.99 Å². The Bertz CT molecular complexity index is 1060. The maximum absolute atomic E-state index is 12.7. The highest BCUT2D eigenvalue weighted by atomic mass is 32.2. The normalized spacial score (nSPS) is 23.9. The molecule has 152 valence electrons. The molecule has 2 aliphatic heterocycles. The van der Waals surface area contributed by atoms with E-state index in [1.165, 1.54) is 11.8 Å². The van der Waals surface area contributed by atoms with Gasteiger partial charge in [-0.3, -0.25) is 4.79 Å². The van der Waals surface area contributed by atoms with Gasteiger partial charge >= 0.3 is 0 Å². The lowest BCUT2D eigenvalue weighted by molar-refractivity contribution is -0.117. The number of hydrogen-bond acceptors (Lipinski definition) is 5. The summed E-state index contributed by atoms with van der Waals surface area (Å²) in [6.45, 7) is 2.00. The number of benzene rings is 2. The standard InChI is InChI=1S/C21H22N2O4S2/c1-14-7-9-15(10-8-14)11-20(24)22-21-23(16-5-3-4-6-18(16)27-2)17-12-29(25,26)13-19(17)28-21/h3-10,17,19H,11-13H2,1-2H3/t17-,19-/m0/s1. The minimum atomic E-state index is -3.11. The van der Waals surface area contributed by atoms with Crippen molar-refractivity contribution in [3.8, 4) is 5.75 Å². The van der Waals surface area contributed by atoms with E-state index in [1.54, 1.807) is 7.11 Å². The van der Waals surface area contributed by atoms with E-state index in [1.807, 2.05) is 60.4 Å². The molecule has 0 aliphatic carbocycles. The highest BCUT2D eigenvalue weighted by Gasteiger charge is 2.50. The predicted octanol–water partition coefficient (Wildman–Crippen LogP) is 2.85. The number of aliphatic imine (C=N–C) groups is 1. The number of rotatable bonds is 4. The van der Waals surface area contributed by atoms with Crippen LogP contribution in [-0.4, -0.2) is 49.4 Å². The smallest absolute Gasteiger partial charge is 0.252 e. The first-order chi connectivity index (χ1) is 13.9. The second-order valence-electron chi connectivity index (χ2n) is 7.29. The summed E-state index contributed by atoms with van der Waals surface area (Å²) in [4.78, 5) is 18.9. The number of amidine groups is 1. The molecule has 0 unspecified atom stereocenters. The lowest BCUT2D eigenvalue weighted by atomic mass is 10.1. The van der Waals surface area contributed by atoms with E-state index in [2.05, 4.69) is 4.99 Å². The van der Waals surface area contributed by atoms with Gasteiger partial charge in [0.2, 0.25) is 0 Å². The van der Waals surface area contributed by atoms with Crippen molar-refractivity contribution < 1.29 is 17.9 Å². The van der Waals surface area contributed by atoms with Crippen molar-refractivity contribution in [2.75, 3.05) is 23.5 Å². The molecular weight excluding hydrogens is 408 g/mol. The average molecular weight is 431 g/mol. The number of methoxy groups -OCH3 is 1. The van der Waals surface area contributed by atoms with Crippen LogP contribution in [0.4, 0.5) is 5.69 Å². The number of fused-ring (bicyclic) bond motifs is 1. The lowest BCUT2D eigenvalue weighted by Gasteiger charge is -2.26. The van der Waals surface area contributed by atoms with Gasteiger partial charge in [0, 0.05) is 5.25 Å². The minimum absolute atomic E-state index is 0.0495. The molecule has 2 aromatic carbocycles. The van der Waals surface area contributed by atoms with Gasteiger partial charge in [-0.25, -0.2) is 8.42 Å². The number of sulfone groups is 1. The monoisotopic (exact) mass is 430 g/mol. The third-order valence-corrected chi connectivity index (χ3v) is 8.32. The second kappa shape index (κ2) is 7.84. The molecule has 6 nitrogen and oxygen atoms in total. The third-order valence-electron chi connectivity index (χ3n) is 5.11. The van der Waals surface area contributed by atoms with E-state index < -0.39 is 9.84 Å². The van der Waals surface area contributed by atoms with Crippen LogP contribution < -0.4 is 9.64 Å². The topological polar surface area (TPSA) is 76.0 Å². The van der Waals surface area contributed by atoms with Crippen LogP contribution in [0.15, 0.2) is 53.5 Å². The number of carbonyl (C=O) groups excluding carboxylic acids is 1. The summed E-state index contributed by atoms with van der Waals surface area (Å²) in [5, 5.41) is 0.396. The largest absolute Gasteiger partial charge is 0.495 e. The molecule has 2 saturated heterocycles. The highest BCUT2D eigenvalue weighted by Crippen LogP contribution is 2.43. The minimum Gasteiger partial charge on any atom is -0.495 e. The number of ether oxygens (including phenoxy) is 1. The molecule has 8 heteroatoms. The Morgan fingerprint density at radius 3 is 2.62 bits per heavy atom. The lowest BCUT2D eigenvalue weighted by Crippen LogP contribution is -2.38. The molecule has 2 fully saturated rings. The van der Waals surface area contributed by atoms with Gasteiger partial charge in [0.15, 0.2) is 15.0 Å². The zero-order valence-electron chi connectivity index (χ0n) is 16.2. The molecule has 2 aliphatic rings. The van der Waals surface area contributed by atoms with Gasteiger partial charge in [0.1, 0.15) is 5.75 Å². The van der Waals surface area contributed by atoms with Crippen molar-refractivity contribution in [3.05, 3.63) is 59.7 Å². The van der Waals surface area contributed by atoms with Crippen LogP contribution in [0.3, 0.4) is 0 Å². The molecule has 0 saturated carbocycles. The number of nitrogens with zero attached hydrogens (tertiary/aromatic N) is 2. The molecule has 2 atom stereocenters. The SMILES string of the molecule is COc1ccccc1N1C(=NC(=O)Cc2ccc(C)cc2)S[C@H]2CS(=O)(=O)C[C@@H]21. The van der Waals surface area contributed by atoms with Crippen LogP contribution in [0.1, 0.15) is 11.1 Å². The van der Waals surface area contributed by atoms with E-state index in [4.69, 9.17) is 4.74 Å². The Kier molecular flexibility index (Phi) is 5.40. The van der Waals surface area contributed by atoms with E-state index in [0.717, 1.165) is 16.8 Å². The summed E-state index contributed by atoms with van der Waals surface area (Å²) >= 11 is 1.37. The van der Waals surface area contributed by atoms with E-state index in [0.29, 0.717) is 10.9 Å². The number of hydrogen-bond donors (Lipinski definition) is 0. The average Bonchev–Trinajstić information content (AvgIpc) is 3.14. The Balaban J connectivity index is 1.66. The molecule has 29 heavy (non-hydrogen) atoms. The Labute approximate surface area is 174 Å². The van der Waals surface area contributed by atoms with Crippen LogP contribution in [0.5, 0.6) is 5.75 Å². The molecule has 1 amide bonds. The quantitative estimate of drug-likeness (QED) is 0.743. The van der Waals surface area contributed by atoms with Crippen LogP contribution in [-0.2, 0) is 21.1 Å². The van der Waals surface area contributed by atoms with Crippen LogP contribution in [0, 0.1) is 6.92 Å². The van der Waals surface area contributed by atoms with E-state index in [9.17, 15) is 13.2 Å². The molecule has 0 N–H and O–H groups in total. The number of anilines is 1. The van der Waals surface area contributed by atoms with Crippen LogP contribution in [0.25, 0.3) is 0 Å². The summed E-state index contributed by atoms with van der Waals surface area (Å²) in [6.07, 6.45) is 0.206. The van der Waals surface area contributed by atoms with Crippen LogP contribution >= 0.6 is 11.8 Å². The molecule has 0 aromatic heterocycles. The second-order valence-corrected chi connectivity index (χ2v) is 10.7. The number of thioether (sulfide) groups is 1. The molecule has 4 rings (SSSR count). The third kappa shape index (κ3) is 4.18. The van der Waals surface area contributed by atoms with Gasteiger partial charge in [-0.05, 0) is 24.6 Å². The van der Waals surface area contributed by atoms with Crippen molar-refractivity contribution in [3.63, 3.8) is 0 Å². The number of carbonyl (C=O) groups is 1. The van der Waals surface area contributed by atoms with Gasteiger partial charge < -0.3 is 9.64 Å². The first kappa shape index (κ1) is 20.0.